The maximum atomic E-state index is 11.5. The summed E-state index contributed by atoms with van der Waals surface area (Å²) in [6.07, 6.45) is 1.62. The number of nitrogens with two attached hydrogens (primary N) is 1. The van der Waals surface area contributed by atoms with Crippen molar-refractivity contribution in [1.82, 2.24) is 5.32 Å². The van der Waals surface area contributed by atoms with Crippen LogP contribution in [0.3, 0.4) is 0 Å². The van der Waals surface area contributed by atoms with Crippen LogP contribution in [-0.2, 0) is 9.59 Å². The molecule has 0 fully saturated rings. The van der Waals surface area contributed by atoms with Crippen molar-refractivity contribution in [2.24, 2.45) is 11.7 Å². The van der Waals surface area contributed by atoms with Crippen molar-refractivity contribution in [3.05, 3.63) is 0 Å². The average molecular weight is 230 g/mol. The lowest BCUT2D eigenvalue weighted by molar-refractivity contribution is -0.139. The predicted octanol–water partition coefficient (Wildman–Crippen LogP) is 0.729. The second kappa shape index (κ2) is 7.22. The van der Waals surface area contributed by atoms with E-state index in [2.05, 4.69) is 19.2 Å². The molecule has 0 saturated heterocycles. The Labute approximate surface area is 96.4 Å². The van der Waals surface area contributed by atoms with E-state index in [4.69, 9.17) is 10.8 Å². The normalized spacial score (nSPS) is 14.6. The van der Waals surface area contributed by atoms with Gasteiger partial charge < -0.3 is 16.2 Å². The summed E-state index contributed by atoms with van der Waals surface area (Å²) in [5.41, 5.74) is 5.46. The van der Waals surface area contributed by atoms with Gasteiger partial charge in [0.1, 0.15) is 0 Å². The lowest BCUT2D eigenvalue weighted by Gasteiger charge is -2.23. The van der Waals surface area contributed by atoms with Gasteiger partial charge in [0.15, 0.2) is 0 Å². The molecule has 4 N–H and O–H groups in total. The Kier molecular flexibility index (Phi) is 6.72. The summed E-state index contributed by atoms with van der Waals surface area (Å²) >= 11 is 0. The van der Waals surface area contributed by atoms with E-state index in [1.54, 1.807) is 0 Å². The number of carbonyl (C=O) groups excluding carboxylic acids is 1. The molecule has 0 aliphatic rings. The average Bonchev–Trinajstić information content (AvgIpc) is 2.18. The predicted molar refractivity (Wildman–Crippen MR) is 61.9 cm³/mol. The number of aliphatic carboxylic acids is 1. The Morgan fingerprint density at radius 2 is 1.81 bits per heavy atom. The van der Waals surface area contributed by atoms with Crippen molar-refractivity contribution in [3.63, 3.8) is 0 Å². The van der Waals surface area contributed by atoms with Crippen molar-refractivity contribution in [1.29, 1.82) is 0 Å². The van der Waals surface area contributed by atoms with Gasteiger partial charge in [0.25, 0.3) is 0 Å². The summed E-state index contributed by atoms with van der Waals surface area (Å²) in [6.45, 7) is 6.05. The van der Waals surface area contributed by atoms with Crippen molar-refractivity contribution in [3.8, 4) is 0 Å². The van der Waals surface area contributed by atoms with E-state index in [0.29, 0.717) is 5.92 Å². The van der Waals surface area contributed by atoms with Crippen LogP contribution < -0.4 is 11.1 Å². The molecule has 1 amide bonds. The lowest BCUT2D eigenvalue weighted by atomic mass is 9.95. The van der Waals surface area contributed by atoms with Crippen LogP contribution in [0.5, 0.6) is 0 Å². The number of nitrogens with one attached hydrogen (secondary N) is 1. The monoisotopic (exact) mass is 230 g/mol. The van der Waals surface area contributed by atoms with Gasteiger partial charge in [0.2, 0.25) is 5.91 Å². The van der Waals surface area contributed by atoms with Crippen LogP contribution in [0.2, 0.25) is 0 Å². The number of carbonyl (C=O) groups is 2. The minimum absolute atomic E-state index is 0.0299. The maximum Gasteiger partial charge on any atom is 0.305 e. The molecule has 5 heteroatoms. The zero-order valence-electron chi connectivity index (χ0n) is 10.2. The van der Waals surface area contributed by atoms with Crippen LogP contribution in [0.4, 0.5) is 0 Å². The van der Waals surface area contributed by atoms with Crippen LogP contribution in [0.25, 0.3) is 0 Å². The topological polar surface area (TPSA) is 92.4 Å². The number of carboxylic acid groups (broad SMARTS) is 1. The van der Waals surface area contributed by atoms with E-state index in [-0.39, 0.29) is 18.4 Å². The molecule has 0 radical (unpaired) electrons. The fourth-order valence-electron chi connectivity index (χ4n) is 1.73. The van der Waals surface area contributed by atoms with Crippen molar-refractivity contribution in [2.75, 3.05) is 0 Å². The van der Waals surface area contributed by atoms with Crippen LogP contribution in [0.1, 0.15) is 40.0 Å². The van der Waals surface area contributed by atoms with E-state index in [1.165, 1.54) is 0 Å². The van der Waals surface area contributed by atoms with Gasteiger partial charge in [-0.25, -0.2) is 0 Å². The molecule has 0 aliphatic carbocycles. The Balaban J connectivity index is 4.17. The Bertz CT molecular complexity index is 239. The second-order valence-corrected chi connectivity index (χ2v) is 4.08. The number of carboxylic acids is 1. The molecule has 0 heterocycles. The first-order chi connectivity index (χ1) is 7.42. The van der Waals surface area contributed by atoms with Gasteiger partial charge in [-0.3, -0.25) is 9.59 Å². The van der Waals surface area contributed by atoms with Crippen molar-refractivity contribution >= 4 is 11.9 Å². The molecular weight excluding hydrogens is 208 g/mol. The number of hydrogen-bond donors (Lipinski definition) is 3. The molecule has 0 bridgehead atoms. The third-order valence-corrected chi connectivity index (χ3v) is 2.86. The number of hydrogen-bond acceptors (Lipinski definition) is 3. The summed E-state index contributed by atoms with van der Waals surface area (Å²) in [5, 5.41) is 11.3. The summed E-state index contributed by atoms with van der Waals surface area (Å²) in [6, 6.07) is -0.934. The molecule has 16 heavy (non-hydrogen) atoms. The highest BCUT2D eigenvalue weighted by molar-refractivity contribution is 5.86. The second-order valence-electron chi connectivity index (χ2n) is 4.08. The molecule has 0 spiro atoms. The molecule has 0 aromatic heterocycles. The minimum atomic E-state index is -1.06. The first-order valence-corrected chi connectivity index (χ1v) is 5.70. The van der Waals surface area contributed by atoms with E-state index < -0.39 is 12.0 Å². The molecule has 2 atom stereocenters. The summed E-state index contributed by atoms with van der Waals surface area (Å²) in [7, 11) is 0. The molecule has 0 aromatic rings. The molecule has 2 unspecified atom stereocenters. The molecule has 0 saturated carbocycles. The highest BCUT2D eigenvalue weighted by Gasteiger charge is 2.21. The summed E-state index contributed by atoms with van der Waals surface area (Å²) < 4.78 is 0. The molecule has 0 rings (SSSR count). The van der Waals surface area contributed by atoms with E-state index in [9.17, 15) is 9.59 Å². The third kappa shape index (κ3) is 5.11. The minimum Gasteiger partial charge on any atom is -0.481 e. The molecule has 0 aromatic carbocycles. The Morgan fingerprint density at radius 1 is 1.31 bits per heavy atom. The molecule has 0 aliphatic heterocycles. The van der Waals surface area contributed by atoms with Gasteiger partial charge in [-0.1, -0.05) is 26.7 Å². The van der Waals surface area contributed by atoms with Gasteiger partial charge in [0.05, 0.1) is 12.5 Å². The fraction of sp³-hybridized carbons (Fsp3) is 0.818. The highest BCUT2D eigenvalue weighted by atomic mass is 16.4. The van der Waals surface area contributed by atoms with E-state index >= 15 is 0 Å². The first-order valence-electron chi connectivity index (χ1n) is 5.70. The van der Waals surface area contributed by atoms with Crippen molar-refractivity contribution in [2.45, 2.75) is 52.1 Å². The van der Waals surface area contributed by atoms with Crippen LogP contribution in [0.15, 0.2) is 0 Å². The van der Waals surface area contributed by atoms with Crippen molar-refractivity contribution < 1.29 is 14.7 Å². The summed E-state index contributed by atoms with van der Waals surface area (Å²) in [5.74, 6) is -1.04. The number of amides is 1. The maximum absolute atomic E-state index is 11.5. The molecule has 94 valence electrons. The number of rotatable bonds is 7. The standard InChI is InChI=1S/C11H22N2O3/c1-4-8(5-2)7(3)13-11(16)9(12)6-10(14)15/h7-9H,4-6,12H2,1-3H3,(H,13,16)(H,14,15). The van der Waals surface area contributed by atoms with Gasteiger partial charge >= 0.3 is 5.97 Å². The van der Waals surface area contributed by atoms with Gasteiger partial charge in [-0.15, -0.1) is 0 Å². The molecular formula is C11H22N2O3. The highest BCUT2D eigenvalue weighted by Crippen LogP contribution is 2.12. The largest absolute Gasteiger partial charge is 0.481 e. The summed E-state index contributed by atoms with van der Waals surface area (Å²) in [4.78, 5) is 21.9. The zero-order valence-corrected chi connectivity index (χ0v) is 10.2. The van der Waals surface area contributed by atoms with Crippen LogP contribution in [-0.4, -0.2) is 29.1 Å². The first kappa shape index (κ1) is 14.9. The van der Waals surface area contributed by atoms with E-state index in [0.717, 1.165) is 12.8 Å². The van der Waals surface area contributed by atoms with Crippen LogP contribution >= 0.6 is 0 Å². The van der Waals surface area contributed by atoms with Gasteiger partial charge in [-0.05, 0) is 12.8 Å². The Morgan fingerprint density at radius 3 is 2.19 bits per heavy atom. The van der Waals surface area contributed by atoms with E-state index in [1.807, 2.05) is 6.92 Å². The third-order valence-electron chi connectivity index (χ3n) is 2.86. The fourth-order valence-corrected chi connectivity index (χ4v) is 1.73. The zero-order chi connectivity index (χ0) is 12.7. The Hall–Kier alpha value is -1.10. The SMILES string of the molecule is CCC(CC)C(C)NC(=O)C(N)CC(=O)O. The smallest absolute Gasteiger partial charge is 0.305 e. The van der Waals surface area contributed by atoms with Gasteiger partial charge in [-0.2, -0.15) is 0 Å². The van der Waals surface area contributed by atoms with Crippen LogP contribution in [0, 0.1) is 5.92 Å². The quantitative estimate of drug-likeness (QED) is 0.601. The lowest BCUT2D eigenvalue weighted by Crippen LogP contribution is -2.47. The molecule has 5 nitrogen and oxygen atoms in total. The van der Waals surface area contributed by atoms with Gasteiger partial charge in [0, 0.05) is 6.04 Å².